The Balaban J connectivity index is 2.11. The number of amides is 1. The van der Waals surface area contributed by atoms with E-state index in [1.165, 1.54) is 12.1 Å². The van der Waals surface area contributed by atoms with Crippen LogP contribution in [0.4, 0.5) is 13.2 Å². The average molecular weight is 271 g/mol. The molecular weight excluding hydrogens is 259 g/mol. The number of imidazole rings is 1. The lowest BCUT2D eigenvalue weighted by atomic mass is 10.2. The predicted octanol–water partition coefficient (Wildman–Crippen LogP) is 2.55. The van der Waals surface area contributed by atoms with Gasteiger partial charge in [0.1, 0.15) is 5.82 Å². The van der Waals surface area contributed by atoms with Crippen molar-refractivity contribution >= 4 is 16.9 Å². The van der Waals surface area contributed by atoms with Gasteiger partial charge in [-0.25, -0.2) is 4.98 Å². The van der Waals surface area contributed by atoms with Gasteiger partial charge in [-0.05, 0) is 24.6 Å². The second-order valence-corrected chi connectivity index (χ2v) is 4.25. The molecule has 7 heteroatoms. The number of fused-ring (bicyclic) bond motifs is 1. The van der Waals surface area contributed by atoms with Gasteiger partial charge in [-0.3, -0.25) is 4.79 Å². The first kappa shape index (κ1) is 13.4. The SMILES string of the molecule is NC(=O)c1ccc2nc(CCCC(F)(F)F)[nH]c2c1. The Bertz CT molecular complexity index is 604. The fourth-order valence-corrected chi connectivity index (χ4v) is 1.79. The maximum Gasteiger partial charge on any atom is 0.389 e. The Hall–Kier alpha value is -2.05. The van der Waals surface area contributed by atoms with E-state index in [1.54, 1.807) is 6.07 Å². The van der Waals surface area contributed by atoms with Gasteiger partial charge in [0.25, 0.3) is 0 Å². The minimum Gasteiger partial charge on any atom is -0.366 e. The molecule has 0 atom stereocenters. The number of nitrogens with two attached hydrogens (primary N) is 1. The summed E-state index contributed by atoms with van der Waals surface area (Å²) in [6.45, 7) is 0. The van der Waals surface area contributed by atoms with Crippen LogP contribution in [0, 0.1) is 0 Å². The number of aromatic amines is 1. The van der Waals surface area contributed by atoms with Gasteiger partial charge in [-0.2, -0.15) is 13.2 Å². The van der Waals surface area contributed by atoms with Crippen LogP contribution >= 0.6 is 0 Å². The van der Waals surface area contributed by atoms with Crippen LogP contribution in [-0.2, 0) is 6.42 Å². The molecule has 0 saturated carbocycles. The standard InChI is InChI=1S/C12H12F3N3O/c13-12(14,15)5-1-2-10-17-8-4-3-7(11(16)19)6-9(8)18-10/h3-4,6H,1-2,5H2,(H2,16,19)(H,17,18). The van der Waals surface area contributed by atoms with Crippen molar-refractivity contribution in [3.05, 3.63) is 29.6 Å². The number of halogens is 3. The Labute approximate surface area is 106 Å². The fraction of sp³-hybridized carbons (Fsp3) is 0.333. The highest BCUT2D eigenvalue weighted by atomic mass is 19.4. The van der Waals surface area contributed by atoms with Crippen LogP contribution < -0.4 is 5.73 Å². The van der Waals surface area contributed by atoms with Crippen molar-refractivity contribution in [1.82, 2.24) is 9.97 Å². The molecule has 1 aromatic heterocycles. The van der Waals surface area contributed by atoms with E-state index < -0.39 is 18.5 Å². The molecule has 0 saturated heterocycles. The lowest BCUT2D eigenvalue weighted by Crippen LogP contribution is -2.10. The number of aromatic nitrogens is 2. The molecule has 2 rings (SSSR count). The summed E-state index contributed by atoms with van der Waals surface area (Å²) in [5.41, 5.74) is 6.67. The Kier molecular flexibility index (Phi) is 3.46. The number of nitrogens with zero attached hydrogens (tertiary/aromatic N) is 1. The van der Waals surface area contributed by atoms with Crippen LogP contribution in [0.15, 0.2) is 18.2 Å². The van der Waals surface area contributed by atoms with Gasteiger partial charge in [0.05, 0.1) is 11.0 Å². The van der Waals surface area contributed by atoms with Crippen LogP contribution in [0.5, 0.6) is 0 Å². The van der Waals surface area contributed by atoms with E-state index in [9.17, 15) is 18.0 Å². The molecule has 0 fully saturated rings. The van der Waals surface area contributed by atoms with Gasteiger partial charge in [-0.1, -0.05) is 0 Å². The van der Waals surface area contributed by atoms with E-state index in [4.69, 9.17) is 5.73 Å². The zero-order valence-corrected chi connectivity index (χ0v) is 9.92. The minimum absolute atomic E-state index is 0.0218. The number of carbonyl (C=O) groups is 1. The molecule has 0 radical (unpaired) electrons. The van der Waals surface area contributed by atoms with E-state index in [-0.39, 0.29) is 12.8 Å². The highest BCUT2D eigenvalue weighted by molar-refractivity contribution is 5.96. The topological polar surface area (TPSA) is 71.8 Å². The zero-order valence-electron chi connectivity index (χ0n) is 9.92. The molecule has 0 aliphatic carbocycles. The lowest BCUT2D eigenvalue weighted by Gasteiger charge is -2.03. The van der Waals surface area contributed by atoms with Crippen molar-refractivity contribution in [2.45, 2.75) is 25.4 Å². The van der Waals surface area contributed by atoms with Crippen molar-refractivity contribution in [2.24, 2.45) is 5.73 Å². The van der Waals surface area contributed by atoms with Crippen LogP contribution in [-0.4, -0.2) is 22.1 Å². The highest BCUT2D eigenvalue weighted by Crippen LogP contribution is 2.22. The first-order chi connectivity index (χ1) is 8.85. The number of H-pyrrole nitrogens is 1. The van der Waals surface area contributed by atoms with Crippen molar-refractivity contribution in [3.63, 3.8) is 0 Å². The number of benzene rings is 1. The molecule has 1 amide bonds. The zero-order chi connectivity index (χ0) is 14.0. The van der Waals surface area contributed by atoms with Crippen LogP contribution in [0.1, 0.15) is 29.0 Å². The molecular formula is C12H12F3N3O. The molecule has 4 nitrogen and oxygen atoms in total. The maximum atomic E-state index is 12.0. The first-order valence-corrected chi connectivity index (χ1v) is 5.70. The molecule has 0 aliphatic heterocycles. The second kappa shape index (κ2) is 4.91. The van der Waals surface area contributed by atoms with Gasteiger partial charge in [0, 0.05) is 18.4 Å². The summed E-state index contributed by atoms with van der Waals surface area (Å²) in [6.07, 6.45) is -4.80. The van der Waals surface area contributed by atoms with Crippen LogP contribution in [0.3, 0.4) is 0 Å². The molecule has 3 N–H and O–H groups in total. The van der Waals surface area contributed by atoms with Crippen LogP contribution in [0.25, 0.3) is 11.0 Å². The largest absolute Gasteiger partial charge is 0.389 e. The highest BCUT2D eigenvalue weighted by Gasteiger charge is 2.26. The monoisotopic (exact) mass is 271 g/mol. The van der Waals surface area contributed by atoms with E-state index in [1.807, 2.05) is 0 Å². The molecule has 2 aromatic rings. The molecule has 102 valence electrons. The van der Waals surface area contributed by atoms with Crippen molar-refractivity contribution in [2.75, 3.05) is 0 Å². The van der Waals surface area contributed by atoms with E-state index >= 15 is 0 Å². The summed E-state index contributed by atoms with van der Waals surface area (Å²) < 4.78 is 36.1. The Morgan fingerprint density at radius 1 is 1.37 bits per heavy atom. The summed E-state index contributed by atoms with van der Waals surface area (Å²) in [6, 6.07) is 4.68. The number of primary amides is 1. The number of rotatable bonds is 4. The quantitative estimate of drug-likeness (QED) is 0.897. The van der Waals surface area contributed by atoms with E-state index in [0.29, 0.717) is 22.4 Å². The molecule has 0 spiro atoms. The summed E-state index contributed by atoms with van der Waals surface area (Å²) in [4.78, 5) is 18.0. The fourth-order valence-electron chi connectivity index (χ4n) is 1.79. The first-order valence-electron chi connectivity index (χ1n) is 5.70. The van der Waals surface area contributed by atoms with Crippen LogP contribution in [0.2, 0.25) is 0 Å². The summed E-state index contributed by atoms with van der Waals surface area (Å²) in [7, 11) is 0. The van der Waals surface area contributed by atoms with Gasteiger partial charge in [0.15, 0.2) is 0 Å². The van der Waals surface area contributed by atoms with Gasteiger partial charge in [-0.15, -0.1) is 0 Å². The molecule has 19 heavy (non-hydrogen) atoms. The van der Waals surface area contributed by atoms with Gasteiger partial charge < -0.3 is 10.7 Å². The predicted molar refractivity (Wildman–Crippen MR) is 63.6 cm³/mol. The van der Waals surface area contributed by atoms with Gasteiger partial charge >= 0.3 is 6.18 Å². The molecule has 0 unspecified atom stereocenters. The van der Waals surface area contributed by atoms with E-state index in [2.05, 4.69) is 9.97 Å². The number of carbonyl (C=O) groups excluding carboxylic acids is 1. The minimum atomic E-state index is -4.15. The van der Waals surface area contributed by atoms with Crippen molar-refractivity contribution in [1.29, 1.82) is 0 Å². The van der Waals surface area contributed by atoms with E-state index in [0.717, 1.165) is 0 Å². The second-order valence-electron chi connectivity index (χ2n) is 4.25. The molecule has 1 heterocycles. The smallest absolute Gasteiger partial charge is 0.366 e. The maximum absolute atomic E-state index is 12.0. The Morgan fingerprint density at radius 2 is 2.11 bits per heavy atom. The number of nitrogens with one attached hydrogen (secondary N) is 1. The Morgan fingerprint density at radius 3 is 2.74 bits per heavy atom. The normalized spacial score (nSPS) is 11.9. The molecule has 0 aliphatic rings. The lowest BCUT2D eigenvalue weighted by molar-refractivity contribution is -0.135. The third kappa shape index (κ3) is 3.46. The molecule has 1 aromatic carbocycles. The number of aryl methyl sites for hydroxylation is 1. The number of hydrogen-bond acceptors (Lipinski definition) is 2. The van der Waals surface area contributed by atoms with Gasteiger partial charge in [0.2, 0.25) is 5.91 Å². The third-order valence-corrected chi connectivity index (χ3v) is 2.69. The van der Waals surface area contributed by atoms with Crippen molar-refractivity contribution in [3.8, 4) is 0 Å². The third-order valence-electron chi connectivity index (χ3n) is 2.69. The molecule has 0 bridgehead atoms. The summed E-state index contributed by atoms with van der Waals surface area (Å²) in [5, 5.41) is 0. The number of alkyl halides is 3. The van der Waals surface area contributed by atoms with Crippen molar-refractivity contribution < 1.29 is 18.0 Å². The summed E-state index contributed by atoms with van der Waals surface area (Å²) in [5.74, 6) is -0.0870. The number of hydrogen-bond donors (Lipinski definition) is 2. The average Bonchev–Trinajstić information content (AvgIpc) is 2.68. The summed E-state index contributed by atoms with van der Waals surface area (Å²) >= 11 is 0.